The molecule has 0 bridgehead atoms. The zero-order valence-corrected chi connectivity index (χ0v) is 6.01. The van der Waals surface area contributed by atoms with Crippen LogP contribution in [0.25, 0.3) is 0 Å². The standard InChI is InChI=1S/C7H13NO2/c8-6-3-7(4-6)5-9-1-2-10-7/h6H,1-5,8H2. The first-order valence-electron chi connectivity index (χ1n) is 3.78. The Labute approximate surface area is 60.5 Å². The molecule has 1 spiro atoms. The van der Waals surface area contributed by atoms with E-state index in [-0.39, 0.29) is 5.60 Å². The summed E-state index contributed by atoms with van der Waals surface area (Å²) in [7, 11) is 0. The fourth-order valence-electron chi connectivity index (χ4n) is 1.75. The van der Waals surface area contributed by atoms with Crippen molar-refractivity contribution >= 4 is 0 Å². The third-order valence-corrected chi connectivity index (χ3v) is 2.27. The number of hydrogen-bond acceptors (Lipinski definition) is 3. The summed E-state index contributed by atoms with van der Waals surface area (Å²) in [6.45, 7) is 2.24. The van der Waals surface area contributed by atoms with E-state index in [0.717, 1.165) is 32.7 Å². The van der Waals surface area contributed by atoms with Gasteiger partial charge in [0.1, 0.15) is 0 Å². The maximum atomic E-state index is 5.65. The topological polar surface area (TPSA) is 44.5 Å². The van der Waals surface area contributed by atoms with Gasteiger partial charge >= 0.3 is 0 Å². The monoisotopic (exact) mass is 143 g/mol. The SMILES string of the molecule is NC1CC2(COCCO2)C1. The van der Waals surface area contributed by atoms with Crippen molar-refractivity contribution in [2.75, 3.05) is 19.8 Å². The van der Waals surface area contributed by atoms with Gasteiger partial charge in [0.05, 0.1) is 25.4 Å². The van der Waals surface area contributed by atoms with Crippen molar-refractivity contribution in [3.05, 3.63) is 0 Å². The van der Waals surface area contributed by atoms with Crippen LogP contribution in [0.4, 0.5) is 0 Å². The second kappa shape index (κ2) is 2.19. The molecule has 1 aliphatic heterocycles. The van der Waals surface area contributed by atoms with Crippen LogP contribution >= 0.6 is 0 Å². The Kier molecular flexibility index (Phi) is 1.44. The van der Waals surface area contributed by atoms with Crippen LogP contribution in [0.15, 0.2) is 0 Å². The summed E-state index contributed by atoms with van der Waals surface area (Å²) in [6.07, 6.45) is 1.96. The third kappa shape index (κ3) is 0.944. The summed E-state index contributed by atoms with van der Waals surface area (Å²) in [5.41, 5.74) is 5.67. The highest BCUT2D eigenvalue weighted by Crippen LogP contribution is 2.36. The van der Waals surface area contributed by atoms with E-state index in [1.54, 1.807) is 0 Å². The molecule has 10 heavy (non-hydrogen) atoms. The average molecular weight is 143 g/mol. The van der Waals surface area contributed by atoms with Gasteiger partial charge in [-0.1, -0.05) is 0 Å². The van der Waals surface area contributed by atoms with E-state index in [1.807, 2.05) is 0 Å². The number of rotatable bonds is 0. The van der Waals surface area contributed by atoms with Crippen LogP contribution in [0.2, 0.25) is 0 Å². The summed E-state index contributed by atoms with van der Waals surface area (Å²) in [5.74, 6) is 0. The van der Waals surface area contributed by atoms with Crippen molar-refractivity contribution in [2.45, 2.75) is 24.5 Å². The molecule has 2 fully saturated rings. The van der Waals surface area contributed by atoms with Crippen molar-refractivity contribution in [2.24, 2.45) is 5.73 Å². The lowest BCUT2D eigenvalue weighted by molar-refractivity contribution is -0.197. The lowest BCUT2D eigenvalue weighted by Crippen LogP contribution is -2.58. The zero-order chi connectivity index (χ0) is 7.03. The van der Waals surface area contributed by atoms with Crippen molar-refractivity contribution in [3.63, 3.8) is 0 Å². The molecule has 0 aromatic heterocycles. The van der Waals surface area contributed by atoms with Crippen LogP contribution in [0.5, 0.6) is 0 Å². The Morgan fingerprint density at radius 2 is 2.10 bits per heavy atom. The Morgan fingerprint density at radius 3 is 2.60 bits per heavy atom. The van der Waals surface area contributed by atoms with E-state index < -0.39 is 0 Å². The Balaban J connectivity index is 1.90. The van der Waals surface area contributed by atoms with Crippen LogP contribution in [0, 0.1) is 0 Å². The molecule has 3 nitrogen and oxygen atoms in total. The molecule has 0 amide bonds. The first-order valence-corrected chi connectivity index (χ1v) is 3.78. The minimum Gasteiger partial charge on any atom is -0.376 e. The van der Waals surface area contributed by atoms with E-state index in [4.69, 9.17) is 15.2 Å². The van der Waals surface area contributed by atoms with Gasteiger partial charge in [-0.05, 0) is 12.8 Å². The summed E-state index contributed by atoms with van der Waals surface area (Å²) >= 11 is 0. The summed E-state index contributed by atoms with van der Waals surface area (Å²) in [6, 6.07) is 0.349. The molecule has 1 aliphatic carbocycles. The number of nitrogens with two attached hydrogens (primary N) is 1. The van der Waals surface area contributed by atoms with Gasteiger partial charge in [-0.2, -0.15) is 0 Å². The van der Waals surface area contributed by atoms with Gasteiger partial charge < -0.3 is 15.2 Å². The zero-order valence-electron chi connectivity index (χ0n) is 6.01. The first-order chi connectivity index (χ1) is 4.81. The summed E-state index contributed by atoms with van der Waals surface area (Å²) < 4.78 is 10.9. The highest BCUT2D eigenvalue weighted by Gasteiger charge is 2.45. The Hall–Kier alpha value is -0.120. The molecule has 58 valence electrons. The fourth-order valence-corrected chi connectivity index (χ4v) is 1.75. The van der Waals surface area contributed by atoms with E-state index in [2.05, 4.69) is 0 Å². The molecule has 0 unspecified atom stereocenters. The molecule has 0 atom stereocenters. The van der Waals surface area contributed by atoms with Gasteiger partial charge in [-0.3, -0.25) is 0 Å². The second-order valence-corrected chi connectivity index (χ2v) is 3.25. The van der Waals surface area contributed by atoms with Gasteiger partial charge in [0.15, 0.2) is 0 Å². The molecule has 2 rings (SSSR count). The molecular formula is C7H13NO2. The van der Waals surface area contributed by atoms with Crippen LogP contribution in [-0.2, 0) is 9.47 Å². The van der Waals surface area contributed by atoms with Crippen molar-refractivity contribution in [3.8, 4) is 0 Å². The molecule has 0 aromatic rings. The lowest BCUT2D eigenvalue weighted by Gasteiger charge is -2.47. The van der Waals surface area contributed by atoms with Crippen LogP contribution in [0.1, 0.15) is 12.8 Å². The van der Waals surface area contributed by atoms with Crippen LogP contribution in [-0.4, -0.2) is 31.5 Å². The molecule has 1 saturated heterocycles. The molecule has 0 radical (unpaired) electrons. The molecule has 0 aromatic carbocycles. The Morgan fingerprint density at radius 1 is 1.30 bits per heavy atom. The molecule has 1 heterocycles. The minimum atomic E-state index is 0.0255. The van der Waals surface area contributed by atoms with E-state index in [1.165, 1.54) is 0 Å². The van der Waals surface area contributed by atoms with Gasteiger partial charge in [-0.25, -0.2) is 0 Å². The van der Waals surface area contributed by atoms with E-state index in [0.29, 0.717) is 6.04 Å². The third-order valence-electron chi connectivity index (χ3n) is 2.27. The van der Waals surface area contributed by atoms with Gasteiger partial charge in [0.25, 0.3) is 0 Å². The predicted molar refractivity (Wildman–Crippen MR) is 36.7 cm³/mol. The molecule has 2 N–H and O–H groups in total. The smallest absolute Gasteiger partial charge is 0.0945 e. The lowest BCUT2D eigenvalue weighted by atomic mass is 9.76. The number of hydrogen-bond donors (Lipinski definition) is 1. The maximum absolute atomic E-state index is 5.65. The minimum absolute atomic E-state index is 0.0255. The number of ether oxygens (including phenoxy) is 2. The highest BCUT2D eigenvalue weighted by atomic mass is 16.6. The van der Waals surface area contributed by atoms with Crippen molar-refractivity contribution in [1.82, 2.24) is 0 Å². The predicted octanol–water partition coefficient (Wildman–Crippen LogP) is -0.107. The summed E-state index contributed by atoms with van der Waals surface area (Å²) in [4.78, 5) is 0. The highest BCUT2D eigenvalue weighted by molar-refractivity contribution is 4.99. The first kappa shape index (κ1) is 6.58. The van der Waals surface area contributed by atoms with Crippen LogP contribution in [0.3, 0.4) is 0 Å². The largest absolute Gasteiger partial charge is 0.376 e. The summed E-state index contributed by atoms with van der Waals surface area (Å²) in [5, 5.41) is 0. The maximum Gasteiger partial charge on any atom is 0.0945 e. The van der Waals surface area contributed by atoms with Gasteiger partial charge in [0.2, 0.25) is 0 Å². The Bertz CT molecular complexity index is 116. The molecule has 1 saturated carbocycles. The van der Waals surface area contributed by atoms with E-state index >= 15 is 0 Å². The molecular weight excluding hydrogens is 130 g/mol. The second-order valence-electron chi connectivity index (χ2n) is 3.25. The fraction of sp³-hybridized carbons (Fsp3) is 1.00. The van der Waals surface area contributed by atoms with Gasteiger partial charge in [0, 0.05) is 6.04 Å². The van der Waals surface area contributed by atoms with Crippen molar-refractivity contribution < 1.29 is 9.47 Å². The van der Waals surface area contributed by atoms with Crippen molar-refractivity contribution in [1.29, 1.82) is 0 Å². The van der Waals surface area contributed by atoms with Gasteiger partial charge in [-0.15, -0.1) is 0 Å². The van der Waals surface area contributed by atoms with E-state index in [9.17, 15) is 0 Å². The molecule has 2 aliphatic rings. The quantitative estimate of drug-likeness (QED) is 0.514. The normalized spacial score (nSPS) is 47.1. The average Bonchev–Trinajstić information content (AvgIpc) is 1.87. The van der Waals surface area contributed by atoms with Crippen LogP contribution < -0.4 is 5.73 Å². The molecule has 3 heteroatoms.